The van der Waals surface area contributed by atoms with Gasteiger partial charge in [-0.2, -0.15) is 11.3 Å². The summed E-state index contributed by atoms with van der Waals surface area (Å²) >= 11 is 3.12. The van der Waals surface area contributed by atoms with Crippen molar-refractivity contribution in [2.24, 2.45) is 5.92 Å². The SMILES string of the molecule is CN(CC1CCCN(C(=O)c2csc(-c3ccsc3)n2)C1)C(=O)OC(C)(C)C. The summed E-state index contributed by atoms with van der Waals surface area (Å²) in [6, 6.07) is 2.02. The average Bonchev–Trinajstić information content (AvgIpc) is 3.31. The Bertz CT molecular complexity index is 811. The van der Waals surface area contributed by atoms with Crippen molar-refractivity contribution < 1.29 is 14.3 Å². The Morgan fingerprint density at radius 2 is 2.14 bits per heavy atom. The molecule has 1 aliphatic heterocycles. The molecular weight excluding hydrogens is 394 g/mol. The van der Waals surface area contributed by atoms with Crippen molar-refractivity contribution in [3.05, 3.63) is 27.9 Å². The Morgan fingerprint density at radius 3 is 2.82 bits per heavy atom. The Hall–Kier alpha value is -1.93. The van der Waals surface area contributed by atoms with Crippen LogP contribution in [0.4, 0.5) is 4.79 Å². The highest BCUT2D eigenvalue weighted by Crippen LogP contribution is 2.27. The summed E-state index contributed by atoms with van der Waals surface area (Å²) in [5.74, 6) is 0.215. The normalized spacial score (nSPS) is 17.4. The number of amides is 2. The fraction of sp³-hybridized carbons (Fsp3) is 0.550. The van der Waals surface area contributed by atoms with Gasteiger partial charge < -0.3 is 14.5 Å². The number of ether oxygens (including phenoxy) is 1. The third-order valence-electron chi connectivity index (χ3n) is 4.53. The van der Waals surface area contributed by atoms with Gasteiger partial charge in [-0.1, -0.05) is 0 Å². The zero-order chi connectivity index (χ0) is 20.3. The molecule has 2 aromatic heterocycles. The first-order chi connectivity index (χ1) is 13.2. The predicted octanol–water partition coefficient (Wildman–Crippen LogP) is 4.59. The highest BCUT2D eigenvalue weighted by Gasteiger charge is 2.28. The minimum absolute atomic E-state index is 0.0256. The maximum absolute atomic E-state index is 12.9. The second kappa shape index (κ2) is 8.61. The van der Waals surface area contributed by atoms with Gasteiger partial charge in [0, 0.05) is 43.0 Å². The number of thiazole rings is 1. The summed E-state index contributed by atoms with van der Waals surface area (Å²) in [7, 11) is 1.75. The Balaban J connectivity index is 1.58. The summed E-state index contributed by atoms with van der Waals surface area (Å²) in [5.41, 5.74) is 1.06. The van der Waals surface area contributed by atoms with Crippen molar-refractivity contribution in [1.29, 1.82) is 0 Å². The van der Waals surface area contributed by atoms with E-state index in [4.69, 9.17) is 4.74 Å². The van der Waals surface area contributed by atoms with Gasteiger partial charge in [0.1, 0.15) is 16.3 Å². The molecule has 152 valence electrons. The topological polar surface area (TPSA) is 62.7 Å². The molecule has 28 heavy (non-hydrogen) atoms. The van der Waals surface area contributed by atoms with E-state index in [0.29, 0.717) is 18.8 Å². The van der Waals surface area contributed by atoms with E-state index in [2.05, 4.69) is 4.98 Å². The number of aromatic nitrogens is 1. The molecule has 0 saturated carbocycles. The molecule has 2 amide bonds. The molecule has 1 unspecified atom stereocenters. The van der Waals surface area contributed by atoms with Crippen molar-refractivity contribution in [3.63, 3.8) is 0 Å². The molecule has 0 bridgehead atoms. The lowest BCUT2D eigenvalue weighted by molar-refractivity contribution is 0.0244. The number of carbonyl (C=O) groups is 2. The van der Waals surface area contributed by atoms with Crippen LogP contribution in [0.5, 0.6) is 0 Å². The lowest BCUT2D eigenvalue weighted by Crippen LogP contribution is -2.45. The number of hydrogen-bond donors (Lipinski definition) is 0. The van der Waals surface area contributed by atoms with Crippen molar-refractivity contribution in [2.45, 2.75) is 39.2 Å². The van der Waals surface area contributed by atoms with Crippen LogP contribution in [0.25, 0.3) is 10.6 Å². The van der Waals surface area contributed by atoms with E-state index in [0.717, 1.165) is 30.0 Å². The Labute approximate surface area is 174 Å². The van der Waals surface area contributed by atoms with E-state index < -0.39 is 5.60 Å². The van der Waals surface area contributed by atoms with E-state index in [9.17, 15) is 9.59 Å². The molecule has 0 radical (unpaired) electrons. The van der Waals surface area contributed by atoms with E-state index in [1.165, 1.54) is 11.3 Å². The number of rotatable bonds is 4. The van der Waals surface area contributed by atoms with Gasteiger partial charge in [-0.15, -0.1) is 11.3 Å². The monoisotopic (exact) mass is 421 g/mol. The highest BCUT2D eigenvalue weighted by atomic mass is 32.1. The standard InChI is InChI=1S/C20H27N3O3S2/c1-20(2,3)26-19(25)22(4)10-14-6-5-8-23(11-14)18(24)16-13-28-17(21-16)15-7-9-27-12-15/h7,9,12-14H,5-6,8,10-11H2,1-4H3. The van der Waals surface area contributed by atoms with Gasteiger partial charge in [0.2, 0.25) is 0 Å². The maximum Gasteiger partial charge on any atom is 0.410 e. The van der Waals surface area contributed by atoms with Gasteiger partial charge in [-0.05, 0) is 51.0 Å². The summed E-state index contributed by atoms with van der Waals surface area (Å²) < 4.78 is 5.42. The number of piperidine rings is 1. The molecule has 1 fully saturated rings. The number of thiophene rings is 1. The van der Waals surface area contributed by atoms with Crippen LogP contribution in [0.15, 0.2) is 22.2 Å². The van der Waals surface area contributed by atoms with Crippen LogP contribution in [0.3, 0.4) is 0 Å². The summed E-state index contributed by atoms with van der Waals surface area (Å²) in [5, 5.41) is 6.76. The van der Waals surface area contributed by atoms with Gasteiger partial charge in [0.25, 0.3) is 5.91 Å². The molecule has 8 heteroatoms. The molecule has 3 heterocycles. The molecule has 0 N–H and O–H groups in total. The lowest BCUT2D eigenvalue weighted by atomic mass is 9.97. The van der Waals surface area contributed by atoms with Crippen LogP contribution in [0, 0.1) is 5.92 Å². The summed E-state index contributed by atoms with van der Waals surface area (Å²) in [6.07, 6.45) is 1.60. The quantitative estimate of drug-likeness (QED) is 0.724. The highest BCUT2D eigenvalue weighted by molar-refractivity contribution is 7.14. The molecule has 1 aliphatic rings. The molecule has 0 spiro atoms. The van der Waals surface area contributed by atoms with Crippen LogP contribution >= 0.6 is 22.7 Å². The molecular formula is C20H27N3O3S2. The van der Waals surface area contributed by atoms with E-state index in [-0.39, 0.29) is 17.9 Å². The fourth-order valence-electron chi connectivity index (χ4n) is 3.25. The van der Waals surface area contributed by atoms with Crippen LogP contribution in [0.1, 0.15) is 44.1 Å². The Kier molecular flexibility index (Phi) is 6.40. The van der Waals surface area contributed by atoms with Crippen molar-refractivity contribution in [3.8, 4) is 10.6 Å². The average molecular weight is 422 g/mol. The minimum atomic E-state index is -0.509. The molecule has 3 rings (SSSR count). The van der Waals surface area contributed by atoms with E-state index in [1.807, 2.05) is 47.9 Å². The minimum Gasteiger partial charge on any atom is -0.444 e. The van der Waals surface area contributed by atoms with Gasteiger partial charge >= 0.3 is 6.09 Å². The van der Waals surface area contributed by atoms with Crippen molar-refractivity contribution in [1.82, 2.24) is 14.8 Å². The van der Waals surface area contributed by atoms with Crippen LogP contribution in [0.2, 0.25) is 0 Å². The number of likely N-dealkylation sites (tertiary alicyclic amines) is 1. The van der Waals surface area contributed by atoms with Crippen LogP contribution < -0.4 is 0 Å². The van der Waals surface area contributed by atoms with Crippen LogP contribution in [-0.2, 0) is 4.74 Å². The van der Waals surface area contributed by atoms with Crippen LogP contribution in [-0.4, -0.2) is 59.1 Å². The fourth-order valence-corrected chi connectivity index (χ4v) is 4.76. The first-order valence-electron chi connectivity index (χ1n) is 9.44. The predicted molar refractivity (Wildman–Crippen MR) is 113 cm³/mol. The zero-order valence-electron chi connectivity index (χ0n) is 16.8. The summed E-state index contributed by atoms with van der Waals surface area (Å²) in [6.45, 7) is 7.53. The largest absolute Gasteiger partial charge is 0.444 e. The smallest absolute Gasteiger partial charge is 0.410 e. The number of nitrogens with zero attached hydrogens (tertiary/aromatic N) is 3. The molecule has 0 aliphatic carbocycles. The van der Waals surface area contributed by atoms with E-state index in [1.54, 1.807) is 23.3 Å². The Morgan fingerprint density at radius 1 is 1.36 bits per heavy atom. The van der Waals surface area contributed by atoms with Crippen molar-refractivity contribution >= 4 is 34.7 Å². The second-order valence-electron chi connectivity index (χ2n) is 8.17. The summed E-state index contributed by atoms with van der Waals surface area (Å²) in [4.78, 5) is 33.1. The first-order valence-corrected chi connectivity index (χ1v) is 11.3. The zero-order valence-corrected chi connectivity index (χ0v) is 18.4. The lowest BCUT2D eigenvalue weighted by Gasteiger charge is -2.34. The first kappa shape index (κ1) is 20.8. The molecule has 1 saturated heterocycles. The number of hydrogen-bond acceptors (Lipinski definition) is 6. The molecule has 6 nitrogen and oxygen atoms in total. The molecule has 1 atom stereocenters. The second-order valence-corrected chi connectivity index (χ2v) is 9.81. The maximum atomic E-state index is 12.9. The van der Waals surface area contributed by atoms with Gasteiger partial charge in [0.05, 0.1) is 0 Å². The third-order valence-corrected chi connectivity index (χ3v) is 6.11. The number of carbonyl (C=O) groups excluding carboxylic acids is 2. The third kappa shape index (κ3) is 5.32. The molecule has 0 aromatic carbocycles. The van der Waals surface area contributed by atoms with E-state index >= 15 is 0 Å². The van der Waals surface area contributed by atoms with Gasteiger partial charge in [-0.3, -0.25) is 4.79 Å². The van der Waals surface area contributed by atoms with Gasteiger partial charge in [0.15, 0.2) is 0 Å². The van der Waals surface area contributed by atoms with Gasteiger partial charge in [-0.25, -0.2) is 9.78 Å². The molecule has 2 aromatic rings. The van der Waals surface area contributed by atoms with Crippen molar-refractivity contribution in [2.75, 3.05) is 26.7 Å².